The molecule has 0 atom stereocenters. The van der Waals surface area contributed by atoms with Gasteiger partial charge < -0.3 is 19.1 Å². The minimum Gasteiger partial charge on any atom is -0.493 e. The van der Waals surface area contributed by atoms with Crippen LogP contribution < -0.4 is 14.2 Å². The van der Waals surface area contributed by atoms with E-state index in [4.69, 9.17) is 14.2 Å². The second-order valence-electron chi connectivity index (χ2n) is 6.56. The van der Waals surface area contributed by atoms with Gasteiger partial charge in [0.05, 0.1) is 21.3 Å². The van der Waals surface area contributed by atoms with E-state index in [1.807, 2.05) is 0 Å². The molecule has 1 aromatic rings. The van der Waals surface area contributed by atoms with Crippen LogP contribution >= 0.6 is 0 Å². The molecule has 0 unspecified atom stereocenters. The van der Waals surface area contributed by atoms with Gasteiger partial charge in [0.15, 0.2) is 17.3 Å². The normalized spacial score (nSPS) is 16.1. The number of rotatable bonds is 8. The van der Waals surface area contributed by atoms with Crippen molar-refractivity contribution in [1.82, 2.24) is 9.80 Å². The number of benzene rings is 1. The number of ether oxygens (including phenoxy) is 3. The molecule has 1 aromatic carbocycles. The maximum absolute atomic E-state index is 12.6. The molecule has 2 rings (SSSR count). The van der Waals surface area contributed by atoms with Crippen molar-refractivity contribution in [2.45, 2.75) is 26.3 Å². The highest BCUT2D eigenvalue weighted by atomic mass is 16.5. The quantitative estimate of drug-likeness (QED) is 0.671. The Morgan fingerprint density at radius 3 is 2.00 bits per heavy atom. The summed E-state index contributed by atoms with van der Waals surface area (Å²) in [6.45, 7) is 9.39. The molecular formula is C19H30N2O4. The molecule has 0 aromatic heterocycles. The Labute approximate surface area is 150 Å². The summed E-state index contributed by atoms with van der Waals surface area (Å²) < 4.78 is 16.0. The smallest absolute Gasteiger partial charge is 0.203 e. The maximum Gasteiger partial charge on any atom is 0.203 e. The maximum atomic E-state index is 12.6. The SMILES string of the molecule is COc1cc(C(=O)CCN2CCN(C(C)C)CC2)cc(OC)c1OC. The van der Waals surface area contributed by atoms with E-state index in [0.717, 1.165) is 32.7 Å². The van der Waals surface area contributed by atoms with E-state index in [1.165, 1.54) is 0 Å². The molecule has 0 aliphatic carbocycles. The molecule has 1 saturated heterocycles. The summed E-state index contributed by atoms with van der Waals surface area (Å²) in [5, 5.41) is 0. The van der Waals surface area contributed by atoms with Gasteiger partial charge in [0.1, 0.15) is 0 Å². The van der Waals surface area contributed by atoms with Gasteiger partial charge in [-0.05, 0) is 26.0 Å². The van der Waals surface area contributed by atoms with Crippen molar-refractivity contribution >= 4 is 5.78 Å². The van der Waals surface area contributed by atoms with Crippen LogP contribution in [-0.4, -0.2) is 75.7 Å². The Kier molecular flexibility index (Phi) is 7.08. The summed E-state index contributed by atoms with van der Waals surface area (Å²) in [6, 6.07) is 4.03. The topological polar surface area (TPSA) is 51.2 Å². The van der Waals surface area contributed by atoms with Crippen LogP contribution in [0.3, 0.4) is 0 Å². The lowest BCUT2D eigenvalue weighted by Gasteiger charge is -2.36. The van der Waals surface area contributed by atoms with Crippen molar-refractivity contribution in [2.24, 2.45) is 0 Å². The third-order valence-corrected chi connectivity index (χ3v) is 4.78. The highest BCUT2D eigenvalue weighted by Crippen LogP contribution is 2.38. The largest absolute Gasteiger partial charge is 0.493 e. The molecule has 1 aliphatic rings. The summed E-state index contributed by atoms with van der Waals surface area (Å²) in [7, 11) is 4.66. The third-order valence-electron chi connectivity index (χ3n) is 4.78. The number of hydrogen-bond donors (Lipinski definition) is 0. The number of hydrogen-bond acceptors (Lipinski definition) is 6. The zero-order valence-electron chi connectivity index (χ0n) is 16.0. The van der Waals surface area contributed by atoms with Crippen LogP contribution in [0.15, 0.2) is 12.1 Å². The molecule has 140 valence electrons. The molecule has 25 heavy (non-hydrogen) atoms. The van der Waals surface area contributed by atoms with Crippen LogP contribution in [0.2, 0.25) is 0 Å². The molecule has 1 fully saturated rings. The second-order valence-corrected chi connectivity index (χ2v) is 6.56. The highest BCUT2D eigenvalue weighted by Gasteiger charge is 2.21. The fourth-order valence-corrected chi connectivity index (χ4v) is 3.15. The monoisotopic (exact) mass is 350 g/mol. The lowest BCUT2D eigenvalue weighted by atomic mass is 10.1. The summed E-state index contributed by atoms with van der Waals surface area (Å²) in [4.78, 5) is 17.4. The van der Waals surface area contributed by atoms with E-state index in [-0.39, 0.29) is 5.78 Å². The Morgan fingerprint density at radius 1 is 1.00 bits per heavy atom. The average molecular weight is 350 g/mol. The first-order valence-electron chi connectivity index (χ1n) is 8.79. The molecule has 1 heterocycles. The Bertz CT molecular complexity index is 556. The van der Waals surface area contributed by atoms with Crippen molar-refractivity contribution in [3.8, 4) is 17.2 Å². The molecule has 6 nitrogen and oxygen atoms in total. The molecule has 1 aliphatic heterocycles. The number of carbonyl (C=O) groups is 1. The minimum atomic E-state index is 0.0885. The van der Waals surface area contributed by atoms with Gasteiger partial charge in [-0.3, -0.25) is 9.69 Å². The molecule has 0 radical (unpaired) electrons. The first-order chi connectivity index (χ1) is 12.0. The zero-order valence-corrected chi connectivity index (χ0v) is 16.0. The van der Waals surface area contributed by atoms with Crippen molar-refractivity contribution < 1.29 is 19.0 Å². The summed E-state index contributed by atoms with van der Waals surface area (Å²) in [5.41, 5.74) is 0.593. The van der Waals surface area contributed by atoms with Gasteiger partial charge in [-0.25, -0.2) is 0 Å². The van der Waals surface area contributed by atoms with Crippen LogP contribution in [-0.2, 0) is 0 Å². The van der Waals surface area contributed by atoms with Crippen LogP contribution in [0.1, 0.15) is 30.6 Å². The molecule has 0 amide bonds. The van der Waals surface area contributed by atoms with Crippen LogP contribution in [0, 0.1) is 0 Å². The van der Waals surface area contributed by atoms with E-state index in [1.54, 1.807) is 33.5 Å². The second kappa shape index (κ2) is 9.06. The Balaban J connectivity index is 1.97. The number of carbonyl (C=O) groups excluding carboxylic acids is 1. The van der Waals surface area contributed by atoms with Crippen molar-refractivity contribution in [1.29, 1.82) is 0 Å². The van der Waals surface area contributed by atoms with Gasteiger partial charge in [-0.15, -0.1) is 0 Å². The molecule has 6 heteroatoms. The summed E-state index contributed by atoms with van der Waals surface area (Å²) >= 11 is 0. The predicted molar refractivity (Wildman–Crippen MR) is 98.2 cm³/mol. The van der Waals surface area contributed by atoms with E-state index in [0.29, 0.717) is 35.3 Å². The number of nitrogens with zero attached hydrogens (tertiary/aromatic N) is 2. The van der Waals surface area contributed by atoms with Gasteiger partial charge in [0.25, 0.3) is 0 Å². The summed E-state index contributed by atoms with van der Waals surface area (Å²) in [6.07, 6.45) is 0.486. The van der Waals surface area contributed by atoms with Gasteiger partial charge in [0.2, 0.25) is 5.75 Å². The number of piperazine rings is 1. The molecular weight excluding hydrogens is 320 g/mol. The van der Waals surface area contributed by atoms with Crippen molar-refractivity contribution in [3.63, 3.8) is 0 Å². The molecule has 0 N–H and O–H groups in total. The third kappa shape index (κ3) is 4.86. The molecule has 0 bridgehead atoms. The summed E-state index contributed by atoms with van der Waals surface area (Å²) in [5.74, 6) is 1.61. The van der Waals surface area contributed by atoms with Crippen molar-refractivity contribution in [3.05, 3.63) is 17.7 Å². The average Bonchev–Trinajstić information content (AvgIpc) is 2.64. The number of methoxy groups -OCH3 is 3. The van der Waals surface area contributed by atoms with Gasteiger partial charge in [-0.1, -0.05) is 0 Å². The Morgan fingerprint density at radius 2 is 1.56 bits per heavy atom. The predicted octanol–water partition coefficient (Wildman–Crippen LogP) is 2.31. The zero-order chi connectivity index (χ0) is 18.4. The Hall–Kier alpha value is -1.79. The van der Waals surface area contributed by atoms with Gasteiger partial charge in [0, 0.05) is 50.7 Å². The van der Waals surface area contributed by atoms with E-state index in [9.17, 15) is 4.79 Å². The van der Waals surface area contributed by atoms with E-state index in [2.05, 4.69) is 23.6 Å². The first kappa shape index (κ1) is 19.5. The van der Waals surface area contributed by atoms with Crippen LogP contribution in [0.5, 0.6) is 17.2 Å². The van der Waals surface area contributed by atoms with Gasteiger partial charge in [-0.2, -0.15) is 0 Å². The molecule has 0 spiro atoms. The lowest BCUT2D eigenvalue weighted by Crippen LogP contribution is -2.49. The van der Waals surface area contributed by atoms with Crippen LogP contribution in [0.25, 0.3) is 0 Å². The minimum absolute atomic E-state index is 0.0885. The van der Waals surface area contributed by atoms with E-state index < -0.39 is 0 Å². The standard InChI is InChI=1S/C19H30N2O4/c1-14(2)21-10-8-20(9-11-21)7-6-16(22)15-12-17(23-3)19(25-5)18(13-15)24-4/h12-14H,6-11H2,1-5H3. The fourth-order valence-electron chi connectivity index (χ4n) is 3.15. The van der Waals surface area contributed by atoms with Crippen LogP contribution in [0.4, 0.5) is 0 Å². The van der Waals surface area contributed by atoms with Crippen molar-refractivity contribution in [2.75, 3.05) is 54.1 Å². The van der Waals surface area contributed by atoms with Gasteiger partial charge >= 0.3 is 0 Å². The molecule has 0 saturated carbocycles. The number of Topliss-reactive ketones (excluding diaryl/α,β-unsaturated/α-hetero) is 1. The lowest BCUT2D eigenvalue weighted by molar-refractivity contribution is 0.0889. The fraction of sp³-hybridized carbons (Fsp3) is 0.632. The first-order valence-corrected chi connectivity index (χ1v) is 8.79. The number of ketones is 1. The van der Waals surface area contributed by atoms with E-state index >= 15 is 0 Å². The highest BCUT2D eigenvalue weighted by molar-refractivity contribution is 5.97.